The van der Waals surface area contributed by atoms with Crippen molar-refractivity contribution in [3.63, 3.8) is 0 Å². The summed E-state index contributed by atoms with van der Waals surface area (Å²) in [7, 11) is 0. The number of hydrogen-bond donors (Lipinski definition) is 1. The Morgan fingerprint density at radius 1 is 1.64 bits per heavy atom. The van der Waals surface area contributed by atoms with E-state index >= 15 is 0 Å². The number of likely N-dealkylation sites (N-methyl/N-ethyl adjacent to an activating group) is 1. The van der Waals surface area contributed by atoms with Crippen molar-refractivity contribution in [1.29, 1.82) is 0 Å². The van der Waals surface area contributed by atoms with E-state index in [1.807, 2.05) is 6.08 Å². The largest absolute Gasteiger partial charge is 0.377 e. The highest BCUT2D eigenvalue weighted by atomic mass is 16.5. The molecule has 0 saturated heterocycles. The van der Waals surface area contributed by atoms with E-state index in [0.29, 0.717) is 6.10 Å². The summed E-state index contributed by atoms with van der Waals surface area (Å²) in [5.41, 5.74) is 0. The SMILES string of the molecule is C=CCCOC(C)CNCC. The molecule has 0 fully saturated rings. The molecule has 0 heterocycles. The molecule has 0 aliphatic heterocycles. The van der Waals surface area contributed by atoms with Crippen LogP contribution in [0, 0.1) is 0 Å². The van der Waals surface area contributed by atoms with E-state index < -0.39 is 0 Å². The second kappa shape index (κ2) is 7.76. The van der Waals surface area contributed by atoms with Gasteiger partial charge in [0.05, 0.1) is 12.7 Å². The quantitative estimate of drug-likeness (QED) is 0.447. The Morgan fingerprint density at radius 2 is 2.36 bits per heavy atom. The van der Waals surface area contributed by atoms with Crippen molar-refractivity contribution in [2.24, 2.45) is 0 Å². The van der Waals surface area contributed by atoms with Crippen molar-refractivity contribution in [2.75, 3.05) is 19.7 Å². The average Bonchev–Trinajstić information content (AvgIpc) is 2.01. The minimum atomic E-state index is 0.315. The lowest BCUT2D eigenvalue weighted by Gasteiger charge is -2.11. The molecule has 2 heteroatoms. The molecule has 0 aliphatic rings. The molecule has 0 aromatic rings. The Bertz CT molecular complexity index is 93.6. The monoisotopic (exact) mass is 157 g/mol. The van der Waals surface area contributed by atoms with Gasteiger partial charge in [0, 0.05) is 6.54 Å². The lowest BCUT2D eigenvalue weighted by atomic mass is 10.4. The van der Waals surface area contributed by atoms with Crippen LogP contribution in [0.4, 0.5) is 0 Å². The van der Waals surface area contributed by atoms with Gasteiger partial charge in [-0.1, -0.05) is 13.0 Å². The fraction of sp³-hybridized carbons (Fsp3) is 0.778. The predicted molar refractivity (Wildman–Crippen MR) is 48.8 cm³/mol. The third kappa shape index (κ3) is 7.56. The van der Waals surface area contributed by atoms with Crippen LogP contribution in [0.3, 0.4) is 0 Å². The van der Waals surface area contributed by atoms with Gasteiger partial charge in [0.25, 0.3) is 0 Å². The lowest BCUT2D eigenvalue weighted by Crippen LogP contribution is -2.26. The minimum absolute atomic E-state index is 0.315. The molecule has 66 valence electrons. The van der Waals surface area contributed by atoms with Crippen molar-refractivity contribution >= 4 is 0 Å². The summed E-state index contributed by atoms with van der Waals surface area (Å²) in [6, 6.07) is 0. The van der Waals surface area contributed by atoms with Gasteiger partial charge in [-0.15, -0.1) is 6.58 Å². The second-order valence-electron chi connectivity index (χ2n) is 2.57. The molecule has 0 aromatic carbocycles. The molecule has 0 saturated carbocycles. The molecule has 1 atom stereocenters. The van der Waals surface area contributed by atoms with E-state index in [1.165, 1.54) is 0 Å². The van der Waals surface area contributed by atoms with Crippen LogP contribution in [0.2, 0.25) is 0 Å². The first-order valence-electron chi connectivity index (χ1n) is 4.24. The van der Waals surface area contributed by atoms with Gasteiger partial charge in [-0.3, -0.25) is 0 Å². The lowest BCUT2D eigenvalue weighted by molar-refractivity contribution is 0.0698. The van der Waals surface area contributed by atoms with Gasteiger partial charge < -0.3 is 10.1 Å². The predicted octanol–water partition coefficient (Wildman–Crippen LogP) is 1.58. The first-order chi connectivity index (χ1) is 5.31. The van der Waals surface area contributed by atoms with Crippen LogP contribution in [-0.2, 0) is 4.74 Å². The maximum Gasteiger partial charge on any atom is 0.0671 e. The molecule has 1 N–H and O–H groups in total. The minimum Gasteiger partial charge on any atom is -0.377 e. The summed E-state index contributed by atoms with van der Waals surface area (Å²) in [4.78, 5) is 0. The van der Waals surface area contributed by atoms with Crippen LogP contribution in [0.5, 0.6) is 0 Å². The van der Waals surface area contributed by atoms with Gasteiger partial charge in [0.2, 0.25) is 0 Å². The van der Waals surface area contributed by atoms with Crippen molar-refractivity contribution in [2.45, 2.75) is 26.4 Å². The second-order valence-corrected chi connectivity index (χ2v) is 2.57. The molecule has 11 heavy (non-hydrogen) atoms. The molecule has 0 rings (SSSR count). The highest BCUT2D eigenvalue weighted by molar-refractivity contribution is 4.65. The van der Waals surface area contributed by atoms with E-state index in [0.717, 1.165) is 26.1 Å². The molecule has 0 spiro atoms. The average molecular weight is 157 g/mol. The van der Waals surface area contributed by atoms with Crippen molar-refractivity contribution in [3.8, 4) is 0 Å². The smallest absolute Gasteiger partial charge is 0.0671 e. The van der Waals surface area contributed by atoms with Gasteiger partial charge in [0.15, 0.2) is 0 Å². The third-order valence-electron chi connectivity index (χ3n) is 1.41. The number of ether oxygens (including phenoxy) is 1. The van der Waals surface area contributed by atoms with E-state index in [4.69, 9.17) is 4.74 Å². The van der Waals surface area contributed by atoms with Gasteiger partial charge in [-0.25, -0.2) is 0 Å². The summed E-state index contributed by atoms with van der Waals surface area (Å²) in [5.74, 6) is 0. The third-order valence-corrected chi connectivity index (χ3v) is 1.41. The first kappa shape index (κ1) is 10.7. The molecule has 2 nitrogen and oxygen atoms in total. The number of rotatable bonds is 7. The van der Waals surface area contributed by atoms with Crippen LogP contribution < -0.4 is 5.32 Å². The molecule has 0 aliphatic carbocycles. The Balaban J connectivity index is 3.08. The van der Waals surface area contributed by atoms with Crippen LogP contribution in [0.25, 0.3) is 0 Å². The van der Waals surface area contributed by atoms with E-state index in [9.17, 15) is 0 Å². The zero-order chi connectivity index (χ0) is 8.53. The highest BCUT2D eigenvalue weighted by Crippen LogP contribution is 1.90. The van der Waals surface area contributed by atoms with Crippen molar-refractivity contribution < 1.29 is 4.74 Å². The summed E-state index contributed by atoms with van der Waals surface area (Å²) in [6.07, 6.45) is 3.13. The Labute approximate surface area is 69.6 Å². The van der Waals surface area contributed by atoms with E-state index in [1.54, 1.807) is 0 Å². The first-order valence-corrected chi connectivity index (χ1v) is 4.24. The Hall–Kier alpha value is -0.340. The summed E-state index contributed by atoms with van der Waals surface area (Å²) in [6.45, 7) is 10.5. The van der Waals surface area contributed by atoms with Gasteiger partial charge in [0.1, 0.15) is 0 Å². The molecule has 1 unspecified atom stereocenters. The van der Waals surface area contributed by atoms with Crippen molar-refractivity contribution in [3.05, 3.63) is 12.7 Å². The number of nitrogens with one attached hydrogen (secondary N) is 1. The van der Waals surface area contributed by atoms with Crippen molar-refractivity contribution in [1.82, 2.24) is 5.32 Å². The van der Waals surface area contributed by atoms with E-state index in [-0.39, 0.29) is 0 Å². The molecular formula is C9H19NO. The molecule has 0 aromatic heterocycles. The molecular weight excluding hydrogens is 138 g/mol. The zero-order valence-electron chi connectivity index (χ0n) is 7.60. The van der Waals surface area contributed by atoms with Crippen LogP contribution in [-0.4, -0.2) is 25.8 Å². The van der Waals surface area contributed by atoms with Crippen LogP contribution >= 0.6 is 0 Å². The maximum atomic E-state index is 5.45. The van der Waals surface area contributed by atoms with Gasteiger partial charge in [-0.2, -0.15) is 0 Å². The maximum absolute atomic E-state index is 5.45. The molecule has 0 radical (unpaired) electrons. The normalized spacial score (nSPS) is 12.9. The Kier molecular flexibility index (Phi) is 7.52. The number of hydrogen-bond acceptors (Lipinski definition) is 2. The fourth-order valence-corrected chi connectivity index (χ4v) is 0.759. The van der Waals surface area contributed by atoms with E-state index in [2.05, 4.69) is 25.7 Å². The Morgan fingerprint density at radius 3 is 2.91 bits per heavy atom. The fourth-order valence-electron chi connectivity index (χ4n) is 0.759. The standard InChI is InChI=1S/C9H19NO/c1-4-6-7-11-9(3)8-10-5-2/h4,9-10H,1,5-8H2,2-3H3. The summed E-state index contributed by atoms with van der Waals surface area (Å²) in [5, 5.41) is 3.22. The van der Waals surface area contributed by atoms with Crippen LogP contribution in [0.1, 0.15) is 20.3 Å². The summed E-state index contributed by atoms with van der Waals surface area (Å²) < 4.78 is 5.45. The highest BCUT2D eigenvalue weighted by Gasteiger charge is 1.98. The molecule has 0 bridgehead atoms. The van der Waals surface area contributed by atoms with Gasteiger partial charge >= 0.3 is 0 Å². The topological polar surface area (TPSA) is 21.3 Å². The summed E-state index contributed by atoms with van der Waals surface area (Å²) >= 11 is 0. The van der Waals surface area contributed by atoms with Gasteiger partial charge in [-0.05, 0) is 19.9 Å². The van der Waals surface area contributed by atoms with Crippen LogP contribution in [0.15, 0.2) is 12.7 Å². The zero-order valence-corrected chi connectivity index (χ0v) is 7.60. The molecule has 0 amide bonds.